The van der Waals surface area contributed by atoms with Crippen molar-refractivity contribution in [3.63, 3.8) is 0 Å². The summed E-state index contributed by atoms with van der Waals surface area (Å²) in [5.41, 5.74) is 3.80. The van der Waals surface area contributed by atoms with E-state index in [9.17, 15) is 4.39 Å². The topological polar surface area (TPSA) is 29.9 Å². The summed E-state index contributed by atoms with van der Waals surface area (Å²) in [5.74, 6) is -0.229. The van der Waals surface area contributed by atoms with E-state index in [4.69, 9.17) is 0 Å². The predicted molar refractivity (Wildman–Crippen MR) is 75.8 cm³/mol. The van der Waals surface area contributed by atoms with E-state index in [0.29, 0.717) is 5.69 Å². The van der Waals surface area contributed by atoms with Gasteiger partial charge in [-0.05, 0) is 39.8 Å². The molecule has 2 aromatic rings. The normalized spacial score (nSPS) is 12.5. The van der Waals surface area contributed by atoms with Crippen LogP contribution in [0.2, 0.25) is 0 Å². The predicted octanol–water partition coefficient (Wildman–Crippen LogP) is 3.83. The average molecular weight is 261 g/mol. The first-order valence-electron chi connectivity index (χ1n) is 6.59. The number of hydrogen-bond acceptors (Lipinski definition) is 2. The molecule has 1 unspecified atom stereocenters. The molecule has 0 saturated carbocycles. The maximum Gasteiger partial charge on any atom is 0.146 e. The fraction of sp³-hybridized carbons (Fsp3) is 0.400. The molecule has 0 radical (unpaired) electrons. The van der Waals surface area contributed by atoms with Gasteiger partial charge in [0.1, 0.15) is 5.82 Å². The fourth-order valence-electron chi connectivity index (χ4n) is 2.53. The standard InChI is InChI=1S/C15H20FN3/c1-5-19-12(4)15(11(3)18-19)10(2)17-14-9-7-6-8-13(14)16/h6-10,17H,5H2,1-4H3. The molecule has 0 aliphatic rings. The van der Waals surface area contributed by atoms with E-state index in [1.807, 2.05) is 24.6 Å². The third kappa shape index (κ3) is 2.62. The van der Waals surface area contributed by atoms with Crippen molar-refractivity contribution < 1.29 is 4.39 Å². The van der Waals surface area contributed by atoms with Crippen molar-refractivity contribution in [3.05, 3.63) is 47.0 Å². The van der Waals surface area contributed by atoms with Gasteiger partial charge >= 0.3 is 0 Å². The van der Waals surface area contributed by atoms with E-state index < -0.39 is 0 Å². The van der Waals surface area contributed by atoms with Gasteiger partial charge < -0.3 is 5.32 Å². The number of hydrogen-bond donors (Lipinski definition) is 1. The lowest BCUT2D eigenvalue weighted by Crippen LogP contribution is -2.10. The van der Waals surface area contributed by atoms with Crippen molar-refractivity contribution in [3.8, 4) is 0 Å². The molecule has 102 valence electrons. The molecule has 0 aliphatic heterocycles. The SMILES string of the molecule is CCn1nc(C)c(C(C)Nc2ccccc2F)c1C. The Kier molecular flexibility index (Phi) is 3.88. The first-order valence-corrected chi connectivity index (χ1v) is 6.59. The van der Waals surface area contributed by atoms with Gasteiger partial charge in [-0.15, -0.1) is 0 Å². The number of nitrogens with one attached hydrogen (secondary N) is 1. The van der Waals surface area contributed by atoms with Crippen LogP contribution in [0.25, 0.3) is 0 Å². The Morgan fingerprint density at radius 1 is 1.32 bits per heavy atom. The lowest BCUT2D eigenvalue weighted by molar-refractivity contribution is 0.626. The van der Waals surface area contributed by atoms with Gasteiger partial charge in [0, 0.05) is 17.8 Å². The number of aromatic nitrogens is 2. The molecule has 0 saturated heterocycles. The highest BCUT2D eigenvalue weighted by Gasteiger charge is 2.17. The molecular formula is C15H20FN3. The minimum atomic E-state index is -0.229. The molecule has 1 N–H and O–H groups in total. The first-order chi connectivity index (χ1) is 9.04. The van der Waals surface area contributed by atoms with Crippen LogP contribution in [0, 0.1) is 19.7 Å². The van der Waals surface area contributed by atoms with Gasteiger partial charge in [0.15, 0.2) is 0 Å². The molecule has 0 spiro atoms. The molecule has 0 aliphatic carbocycles. The molecule has 4 heteroatoms. The molecule has 0 bridgehead atoms. The lowest BCUT2D eigenvalue weighted by atomic mass is 10.1. The van der Waals surface area contributed by atoms with Crippen LogP contribution >= 0.6 is 0 Å². The summed E-state index contributed by atoms with van der Waals surface area (Å²) >= 11 is 0. The quantitative estimate of drug-likeness (QED) is 0.906. The van der Waals surface area contributed by atoms with Crippen molar-refractivity contribution in [2.24, 2.45) is 0 Å². The largest absolute Gasteiger partial charge is 0.376 e. The zero-order chi connectivity index (χ0) is 14.0. The molecule has 1 aromatic heterocycles. The summed E-state index contributed by atoms with van der Waals surface area (Å²) in [6.07, 6.45) is 0. The molecule has 0 amide bonds. The molecule has 1 aromatic carbocycles. The van der Waals surface area contributed by atoms with Gasteiger partial charge in [-0.3, -0.25) is 4.68 Å². The van der Waals surface area contributed by atoms with Crippen molar-refractivity contribution in [1.82, 2.24) is 9.78 Å². The number of aryl methyl sites for hydroxylation is 2. The zero-order valence-corrected chi connectivity index (χ0v) is 11.9. The molecular weight excluding hydrogens is 241 g/mol. The molecule has 19 heavy (non-hydrogen) atoms. The minimum absolute atomic E-state index is 0.0252. The van der Waals surface area contributed by atoms with Crippen molar-refractivity contribution >= 4 is 5.69 Å². The molecule has 0 fully saturated rings. The van der Waals surface area contributed by atoms with Crippen LogP contribution in [0.5, 0.6) is 0 Å². The minimum Gasteiger partial charge on any atom is -0.376 e. The maximum atomic E-state index is 13.7. The molecule has 3 nitrogen and oxygen atoms in total. The van der Waals surface area contributed by atoms with E-state index in [2.05, 4.69) is 24.3 Å². The molecule has 1 atom stereocenters. The Balaban J connectivity index is 2.28. The smallest absolute Gasteiger partial charge is 0.146 e. The monoisotopic (exact) mass is 261 g/mol. The summed E-state index contributed by atoms with van der Waals surface area (Å²) < 4.78 is 15.6. The summed E-state index contributed by atoms with van der Waals surface area (Å²) in [7, 11) is 0. The van der Waals surface area contributed by atoms with Crippen LogP contribution in [0.1, 0.15) is 36.8 Å². The van der Waals surface area contributed by atoms with E-state index in [1.165, 1.54) is 6.07 Å². The van der Waals surface area contributed by atoms with E-state index in [0.717, 1.165) is 23.5 Å². The van der Waals surface area contributed by atoms with Crippen LogP contribution in [-0.2, 0) is 6.54 Å². The Hall–Kier alpha value is -1.84. The van der Waals surface area contributed by atoms with Gasteiger partial charge in [-0.25, -0.2) is 4.39 Å². The van der Waals surface area contributed by atoms with Crippen LogP contribution < -0.4 is 5.32 Å². The number of nitrogens with zero attached hydrogens (tertiary/aromatic N) is 2. The Morgan fingerprint density at radius 2 is 2.00 bits per heavy atom. The van der Waals surface area contributed by atoms with E-state index in [1.54, 1.807) is 12.1 Å². The Labute approximate surface area is 113 Å². The average Bonchev–Trinajstić information content (AvgIpc) is 2.67. The summed E-state index contributed by atoms with van der Waals surface area (Å²) in [6.45, 7) is 8.99. The number of rotatable bonds is 4. The Bertz CT molecular complexity index is 575. The van der Waals surface area contributed by atoms with Crippen LogP contribution in [-0.4, -0.2) is 9.78 Å². The van der Waals surface area contributed by atoms with Crippen molar-refractivity contribution in [2.75, 3.05) is 5.32 Å². The van der Waals surface area contributed by atoms with Gasteiger partial charge in [0.2, 0.25) is 0 Å². The van der Waals surface area contributed by atoms with Gasteiger partial charge in [-0.1, -0.05) is 12.1 Å². The number of benzene rings is 1. The number of anilines is 1. The second-order valence-corrected chi connectivity index (χ2v) is 4.75. The highest BCUT2D eigenvalue weighted by molar-refractivity contribution is 5.47. The van der Waals surface area contributed by atoms with Crippen LogP contribution in [0.4, 0.5) is 10.1 Å². The van der Waals surface area contributed by atoms with Crippen molar-refractivity contribution in [1.29, 1.82) is 0 Å². The molecule has 2 rings (SSSR count). The lowest BCUT2D eigenvalue weighted by Gasteiger charge is -2.16. The zero-order valence-electron chi connectivity index (χ0n) is 11.9. The second kappa shape index (κ2) is 5.43. The highest BCUT2D eigenvalue weighted by atomic mass is 19.1. The van der Waals surface area contributed by atoms with Crippen LogP contribution in [0.15, 0.2) is 24.3 Å². The first kappa shape index (κ1) is 13.6. The van der Waals surface area contributed by atoms with E-state index in [-0.39, 0.29) is 11.9 Å². The summed E-state index contributed by atoms with van der Waals surface area (Å²) in [6, 6.07) is 6.76. The van der Waals surface area contributed by atoms with Gasteiger partial charge in [-0.2, -0.15) is 5.10 Å². The number of halogens is 1. The molecule has 1 heterocycles. The third-order valence-corrected chi connectivity index (χ3v) is 3.42. The summed E-state index contributed by atoms with van der Waals surface area (Å²) in [4.78, 5) is 0. The van der Waals surface area contributed by atoms with E-state index >= 15 is 0 Å². The second-order valence-electron chi connectivity index (χ2n) is 4.75. The summed E-state index contributed by atoms with van der Waals surface area (Å²) in [5, 5.41) is 7.71. The maximum absolute atomic E-state index is 13.7. The van der Waals surface area contributed by atoms with Gasteiger partial charge in [0.05, 0.1) is 17.4 Å². The van der Waals surface area contributed by atoms with Crippen LogP contribution in [0.3, 0.4) is 0 Å². The third-order valence-electron chi connectivity index (χ3n) is 3.42. The highest BCUT2D eigenvalue weighted by Crippen LogP contribution is 2.26. The number of para-hydroxylation sites is 1. The fourth-order valence-corrected chi connectivity index (χ4v) is 2.53. The van der Waals surface area contributed by atoms with Gasteiger partial charge in [0.25, 0.3) is 0 Å². The van der Waals surface area contributed by atoms with Crippen molar-refractivity contribution in [2.45, 2.75) is 40.3 Å². The Morgan fingerprint density at radius 3 is 2.58 bits per heavy atom.